The number of fused-ring (bicyclic) bond motifs is 1. The second kappa shape index (κ2) is 4.16. The van der Waals surface area contributed by atoms with Crippen molar-refractivity contribution in [2.75, 3.05) is 11.4 Å². The predicted octanol–water partition coefficient (Wildman–Crippen LogP) is 4.59. The van der Waals surface area contributed by atoms with Crippen LogP contribution >= 0.6 is 0 Å². The van der Waals surface area contributed by atoms with Gasteiger partial charge in [0.05, 0.1) is 0 Å². The van der Waals surface area contributed by atoms with E-state index >= 15 is 0 Å². The highest BCUT2D eigenvalue weighted by Gasteiger charge is 2.20. The van der Waals surface area contributed by atoms with Crippen molar-refractivity contribution in [1.82, 2.24) is 0 Å². The van der Waals surface area contributed by atoms with Gasteiger partial charge in [-0.05, 0) is 23.3 Å². The molecule has 0 spiro atoms. The lowest BCUT2D eigenvalue weighted by Gasteiger charge is -2.32. The van der Waals surface area contributed by atoms with Crippen LogP contribution in [0.3, 0.4) is 0 Å². The van der Waals surface area contributed by atoms with Crippen LogP contribution in [0, 0.1) is 5.41 Å². The number of nitrogens with zero attached hydrogens (tertiary/aromatic N) is 1. The Bertz CT molecular complexity index is 590. The van der Waals surface area contributed by atoms with Crippen molar-refractivity contribution in [3.8, 4) is 0 Å². The number of hydrogen-bond acceptors (Lipinski definition) is 1. The Morgan fingerprint density at radius 2 is 1.78 bits per heavy atom. The Hall–Kier alpha value is -1.76. The first-order chi connectivity index (χ1) is 8.66. The number of hydrogen-bond donors (Lipinski definition) is 0. The van der Waals surface area contributed by atoms with E-state index in [1.165, 1.54) is 22.9 Å². The highest BCUT2D eigenvalue weighted by Crippen LogP contribution is 2.33. The molecule has 18 heavy (non-hydrogen) atoms. The summed E-state index contributed by atoms with van der Waals surface area (Å²) in [7, 11) is 0. The zero-order valence-corrected chi connectivity index (χ0v) is 11.1. The van der Waals surface area contributed by atoms with E-state index in [1.807, 2.05) is 0 Å². The maximum atomic E-state index is 2.37. The van der Waals surface area contributed by atoms with E-state index < -0.39 is 0 Å². The summed E-state index contributed by atoms with van der Waals surface area (Å²) < 4.78 is 0. The molecule has 0 saturated carbocycles. The Morgan fingerprint density at radius 1 is 1.00 bits per heavy atom. The van der Waals surface area contributed by atoms with Crippen LogP contribution in [0.4, 0.5) is 5.69 Å². The largest absolute Gasteiger partial charge is 0.348 e. The lowest BCUT2D eigenvalue weighted by Crippen LogP contribution is -2.28. The number of rotatable bonds is 1. The molecule has 0 aliphatic carbocycles. The quantitative estimate of drug-likeness (QED) is 0.701. The fraction of sp³-hybridized carbons (Fsp3) is 0.294. The summed E-state index contributed by atoms with van der Waals surface area (Å²) in [6.45, 7) is 5.69. The lowest BCUT2D eigenvalue weighted by molar-refractivity contribution is 0.427. The minimum atomic E-state index is 0.334. The summed E-state index contributed by atoms with van der Waals surface area (Å²) in [5.41, 5.74) is 1.65. The van der Waals surface area contributed by atoms with Crippen molar-refractivity contribution in [1.29, 1.82) is 0 Å². The molecule has 0 bridgehead atoms. The molecule has 0 atom stereocenters. The molecule has 0 aromatic heterocycles. The van der Waals surface area contributed by atoms with Gasteiger partial charge in [-0.2, -0.15) is 0 Å². The van der Waals surface area contributed by atoms with Crippen LogP contribution in [0.5, 0.6) is 0 Å². The van der Waals surface area contributed by atoms with Crippen LogP contribution in [0.25, 0.3) is 10.8 Å². The highest BCUT2D eigenvalue weighted by atomic mass is 15.1. The van der Waals surface area contributed by atoms with E-state index in [9.17, 15) is 0 Å². The molecule has 0 radical (unpaired) electrons. The maximum Gasteiger partial charge on any atom is 0.0485 e. The fourth-order valence-corrected chi connectivity index (χ4v) is 2.52. The minimum Gasteiger partial charge on any atom is -0.348 e. The molecule has 2 aromatic carbocycles. The molecule has 0 fully saturated rings. The van der Waals surface area contributed by atoms with Crippen LogP contribution in [-0.4, -0.2) is 6.54 Å². The van der Waals surface area contributed by atoms with Crippen LogP contribution in [0.15, 0.2) is 54.7 Å². The summed E-state index contributed by atoms with van der Waals surface area (Å²) in [6, 6.07) is 15.1. The van der Waals surface area contributed by atoms with Gasteiger partial charge in [0.15, 0.2) is 0 Å². The second-order valence-electron chi connectivity index (χ2n) is 5.75. The Labute approximate surface area is 109 Å². The van der Waals surface area contributed by atoms with Crippen LogP contribution in [-0.2, 0) is 0 Å². The summed E-state index contributed by atoms with van der Waals surface area (Å²) in [6.07, 6.45) is 5.76. The number of anilines is 1. The monoisotopic (exact) mass is 237 g/mol. The van der Waals surface area contributed by atoms with Crippen molar-refractivity contribution >= 4 is 16.5 Å². The van der Waals surface area contributed by atoms with Crippen LogP contribution < -0.4 is 4.90 Å². The molecular formula is C17H19N. The molecule has 92 valence electrons. The third-order valence-corrected chi connectivity index (χ3v) is 3.78. The normalized spacial score (nSPS) is 18.2. The summed E-state index contributed by atoms with van der Waals surface area (Å²) in [4.78, 5) is 2.37. The molecule has 0 amide bonds. The first-order valence-corrected chi connectivity index (χ1v) is 6.59. The van der Waals surface area contributed by atoms with Gasteiger partial charge in [0, 0.05) is 23.8 Å². The van der Waals surface area contributed by atoms with Gasteiger partial charge in [-0.1, -0.05) is 56.3 Å². The molecule has 1 aliphatic rings. The average molecular weight is 237 g/mol. The van der Waals surface area contributed by atoms with Gasteiger partial charge in [-0.15, -0.1) is 0 Å². The third-order valence-electron chi connectivity index (χ3n) is 3.78. The molecule has 0 N–H and O–H groups in total. The molecule has 1 nitrogen and oxygen atoms in total. The first-order valence-electron chi connectivity index (χ1n) is 6.59. The SMILES string of the molecule is CC1(C)C=CN(c2cccc3ccccc23)CC1. The third kappa shape index (κ3) is 2.01. The summed E-state index contributed by atoms with van der Waals surface area (Å²) in [5, 5.41) is 2.65. The molecule has 1 heteroatoms. The molecule has 1 aliphatic heterocycles. The number of benzene rings is 2. The second-order valence-corrected chi connectivity index (χ2v) is 5.75. The van der Waals surface area contributed by atoms with E-state index in [-0.39, 0.29) is 0 Å². The van der Waals surface area contributed by atoms with Crippen molar-refractivity contribution in [3.05, 3.63) is 54.7 Å². The van der Waals surface area contributed by atoms with Gasteiger partial charge < -0.3 is 4.90 Å². The van der Waals surface area contributed by atoms with E-state index in [1.54, 1.807) is 0 Å². The standard InChI is InChI=1S/C17H19N/c1-17(2)10-12-18(13-11-17)16-9-5-7-14-6-3-4-8-15(14)16/h3-10,12H,11,13H2,1-2H3. The molecule has 2 aromatic rings. The van der Waals surface area contributed by atoms with Gasteiger partial charge in [-0.25, -0.2) is 0 Å². The van der Waals surface area contributed by atoms with Crippen molar-refractivity contribution in [3.63, 3.8) is 0 Å². The maximum absolute atomic E-state index is 2.37. The lowest BCUT2D eigenvalue weighted by atomic mass is 9.87. The average Bonchev–Trinajstić information content (AvgIpc) is 2.38. The zero-order chi connectivity index (χ0) is 12.6. The van der Waals surface area contributed by atoms with Crippen molar-refractivity contribution in [2.45, 2.75) is 20.3 Å². The molecule has 3 rings (SSSR count). The smallest absolute Gasteiger partial charge is 0.0485 e. The van der Waals surface area contributed by atoms with Gasteiger partial charge in [0.1, 0.15) is 0 Å². The van der Waals surface area contributed by atoms with Gasteiger partial charge in [0.2, 0.25) is 0 Å². The topological polar surface area (TPSA) is 3.24 Å². The highest BCUT2D eigenvalue weighted by molar-refractivity contribution is 5.94. The number of allylic oxidation sites excluding steroid dienone is 1. The van der Waals surface area contributed by atoms with Crippen LogP contribution in [0.1, 0.15) is 20.3 Å². The molecule has 0 saturated heterocycles. The van der Waals surface area contributed by atoms with Crippen molar-refractivity contribution < 1.29 is 0 Å². The van der Waals surface area contributed by atoms with E-state index in [2.05, 4.69) is 73.5 Å². The first kappa shape index (κ1) is 11.3. The van der Waals surface area contributed by atoms with E-state index in [0.29, 0.717) is 5.41 Å². The minimum absolute atomic E-state index is 0.334. The van der Waals surface area contributed by atoms with Gasteiger partial charge in [0.25, 0.3) is 0 Å². The van der Waals surface area contributed by atoms with Gasteiger partial charge in [-0.3, -0.25) is 0 Å². The van der Waals surface area contributed by atoms with Gasteiger partial charge >= 0.3 is 0 Å². The summed E-state index contributed by atoms with van der Waals surface area (Å²) in [5.74, 6) is 0. The van der Waals surface area contributed by atoms with E-state index in [0.717, 1.165) is 6.54 Å². The molecular weight excluding hydrogens is 218 g/mol. The molecule has 0 unspecified atom stereocenters. The Morgan fingerprint density at radius 3 is 2.56 bits per heavy atom. The predicted molar refractivity (Wildman–Crippen MR) is 78.8 cm³/mol. The Kier molecular flexibility index (Phi) is 2.62. The van der Waals surface area contributed by atoms with Crippen molar-refractivity contribution in [2.24, 2.45) is 5.41 Å². The fourth-order valence-electron chi connectivity index (χ4n) is 2.52. The zero-order valence-electron chi connectivity index (χ0n) is 11.1. The molecule has 1 heterocycles. The Balaban J connectivity index is 2.06. The van der Waals surface area contributed by atoms with E-state index in [4.69, 9.17) is 0 Å². The summed E-state index contributed by atoms with van der Waals surface area (Å²) >= 11 is 0. The van der Waals surface area contributed by atoms with Crippen LogP contribution in [0.2, 0.25) is 0 Å².